The fourth-order valence-corrected chi connectivity index (χ4v) is 4.73. The van der Waals surface area contributed by atoms with E-state index in [2.05, 4.69) is 0 Å². The second kappa shape index (κ2) is 9.45. The zero-order valence-corrected chi connectivity index (χ0v) is 18.5. The highest BCUT2D eigenvalue weighted by atomic mass is 32.2. The summed E-state index contributed by atoms with van der Waals surface area (Å²) < 4.78 is 32.4. The summed E-state index contributed by atoms with van der Waals surface area (Å²) in [5, 5.41) is 11.1. The second-order valence-electron chi connectivity index (χ2n) is 7.38. The lowest BCUT2D eigenvalue weighted by Gasteiger charge is -2.34. The second-order valence-corrected chi connectivity index (χ2v) is 9.32. The van der Waals surface area contributed by atoms with Gasteiger partial charge in [0.05, 0.1) is 9.82 Å². The van der Waals surface area contributed by atoms with Crippen molar-refractivity contribution >= 4 is 27.4 Å². The van der Waals surface area contributed by atoms with E-state index < -0.39 is 14.9 Å². The topological polar surface area (TPSA) is 127 Å². The van der Waals surface area contributed by atoms with Crippen molar-refractivity contribution in [3.8, 4) is 5.75 Å². The van der Waals surface area contributed by atoms with Crippen molar-refractivity contribution in [1.29, 1.82) is 0 Å². The standard InChI is InChI=1S/C21H23N3O7S/c1-15-3-8-19(24(27)28)20(13-15)31-14-21(26)22-9-11-23(12-10-22)32(29,30)18-6-4-17(5-7-18)16(2)25/h3-8,13H,9-12,14H2,1-2H3. The summed E-state index contributed by atoms with van der Waals surface area (Å²) in [4.78, 5) is 36.0. The van der Waals surface area contributed by atoms with Crippen molar-refractivity contribution in [2.45, 2.75) is 18.7 Å². The predicted molar refractivity (Wildman–Crippen MR) is 115 cm³/mol. The maximum atomic E-state index is 12.8. The first kappa shape index (κ1) is 23.4. The van der Waals surface area contributed by atoms with Crippen molar-refractivity contribution in [3.63, 3.8) is 0 Å². The largest absolute Gasteiger partial charge is 0.477 e. The van der Waals surface area contributed by atoms with E-state index >= 15 is 0 Å². The number of nitro benzene ring substituents is 1. The molecule has 0 aromatic heterocycles. The van der Waals surface area contributed by atoms with E-state index in [0.717, 1.165) is 5.56 Å². The number of Topliss-reactive ketones (excluding diaryl/α,β-unsaturated/α-hetero) is 1. The number of benzene rings is 2. The predicted octanol–water partition coefficient (Wildman–Crippen LogP) is 2.02. The van der Waals surface area contributed by atoms with Gasteiger partial charge in [0, 0.05) is 37.8 Å². The molecule has 0 N–H and O–H groups in total. The number of carbonyl (C=O) groups excluding carboxylic acids is 2. The van der Waals surface area contributed by atoms with Gasteiger partial charge in [-0.25, -0.2) is 8.42 Å². The number of sulfonamides is 1. The molecule has 1 fully saturated rings. The summed E-state index contributed by atoms with van der Waals surface area (Å²) in [7, 11) is -3.75. The molecule has 0 spiro atoms. The van der Waals surface area contributed by atoms with Gasteiger partial charge < -0.3 is 9.64 Å². The number of nitrogens with zero attached hydrogens (tertiary/aromatic N) is 3. The number of ketones is 1. The molecular formula is C21H23N3O7S. The third-order valence-corrected chi connectivity index (χ3v) is 7.07. The van der Waals surface area contributed by atoms with E-state index in [-0.39, 0.29) is 60.8 Å². The summed E-state index contributed by atoms with van der Waals surface area (Å²) in [5.74, 6) is -0.526. The highest BCUT2D eigenvalue weighted by Crippen LogP contribution is 2.28. The SMILES string of the molecule is CC(=O)c1ccc(S(=O)(=O)N2CCN(C(=O)COc3cc(C)ccc3[N+](=O)[O-])CC2)cc1. The smallest absolute Gasteiger partial charge is 0.310 e. The Morgan fingerprint density at radius 1 is 1.06 bits per heavy atom. The van der Waals surface area contributed by atoms with Crippen LogP contribution in [-0.4, -0.2) is 67.0 Å². The van der Waals surface area contributed by atoms with Crippen LogP contribution in [0.15, 0.2) is 47.4 Å². The lowest BCUT2D eigenvalue weighted by Crippen LogP contribution is -2.51. The van der Waals surface area contributed by atoms with Gasteiger partial charge in [-0.2, -0.15) is 4.31 Å². The summed E-state index contributed by atoms with van der Waals surface area (Å²) in [5.41, 5.74) is 0.955. The number of ether oxygens (including phenoxy) is 1. The molecule has 0 bridgehead atoms. The molecule has 2 aromatic carbocycles. The number of hydrogen-bond donors (Lipinski definition) is 0. The molecule has 170 valence electrons. The van der Waals surface area contributed by atoms with Crippen LogP contribution in [0, 0.1) is 17.0 Å². The van der Waals surface area contributed by atoms with E-state index in [1.54, 1.807) is 13.0 Å². The van der Waals surface area contributed by atoms with Gasteiger partial charge in [-0.1, -0.05) is 18.2 Å². The summed E-state index contributed by atoms with van der Waals surface area (Å²) in [6.07, 6.45) is 0. The minimum absolute atomic E-state index is 0.0126. The first-order valence-corrected chi connectivity index (χ1v) is 11.3. The van der Waals surface area contributed by atoms with Crippen molar-refractivity contribution in [3.05, 3.63) is 63.7 Å². The third-order valence-electron chi connectivity index (χ3n) is 5.15. The molecular weight excluding hydrogens is 438 g/mol. The summed E-state index contributed by atoms with van der Waals surface area (Å²) in [6, 6.07) is 10.1. The van der Waals surface area contributed by atoms with Gasteiger partial charge in [0.1, 0.15) is 0 Å². The average molecular weight is 461 g/mol. The molecule has 0 unspecified atom stereocenters. The number of hydrogen-bond acceptors (Lipinski definition) is 7. The third kappa shape index (κ3) is 5.11. The first-order chi connectivity index (χ1) is 15.1. The van der Waals surface area contributed by atoms with Gasteiger partial charge >= 0.3 is 5.69 Å². The highest BCUT2D eigenvalue weighted by molar-refractivity contribution is 7.89. The lowest BCUT2D eigenvalue weighted by atomic mass is 10.2. The number of nitro groups is 1. The Hall–Kier alpha value is -3.31. The molecule has 1 heterocycles. The van der Waals surface area contributed by atoms with Crippen LogP contribution in [0.5, 0.6) is 5.75 Å². The van der Waals surface area contributed by atoms with Gasteiger partial charge in [-0.3, -0.25) is 19.7 Å². The van der Waals surface area contributed by atoms with Gasteiger partial charge in [0.15, 0.2) is 18.1 Å². The monoisotopic (exact) mass is 461 g/mol. The normalized spacial score (nSPS) is 14.8. The molecule has 1 aliphatic rings. The van der Waals surface area contributed by atoms with E-state index in [1.165, 1.54) is 52.5 Å². The molecule has 1 aliphatic heterocycles. The Morgan fingerprint density at radius 2 is 1.69 bits per heavy atom. The van der Waals surface area contributed by atoms with Crippen molar-refractivity contribution in [2.24, 2.45) is 0 Å². The zero-order chi connectivity index (χ0) is 23.5. The molecule has 3 rings (SSSR count). The Labute approximate surface area is 185 Å². The van der Waals surface area contributed by atoms with Crippen LogP contribution in [0.25, 0.3) is 0 Å². The van der Waals surface area contributed by atoms with Crippen molar-refractivity contribution in [2.75, 3.05) is 32.8 Å². The lowest BCUT2D eigenvalue weighted by molar-refractivity contribution is -0.385. The zero-order valence-electron chi connectivity index (χ0n) is 17.7. The number of piperazine rings is 1. The van der Waals surface area contributed by atoms with Crippen molar-refractivity contribution < 1.29 is 27.7 Å². The minimum Gasteiger partial charge on any atom is -0.477 e. The van der Waals surface area contributed by atoms with E-state index in [1.807, 2.05) is 0 Å². The van der Waals surface area contributed by atoms with Crippen LogP contribution in [0.2, 0.25) is 0 Å². The maximum Gasteiger partial charge on any atom is 0.310 e. The van der Waals surface area contributed by atoms with E-state index in [9.17, 15) is 28.1 Å². The molecule has 0 atom stereocenters. The number of carbonyl (C=O) groups is 2. The average Bonchev–Trinajstić information content (AvgIpc) is 2.77. The quantitative estimate of drug-likeness (QED) is 0.351. The number of rotatable bonds is 7. The first-order valence-electron chi connectivity index (χ1n) is 9.86. The molecule has 10 nitrogen and oxygen atoms in total. The summed E-state index contributed by atoms with van der Waals surface area (Å²) >= 11 is 0. The highest BCUT2D eigenvalue weighted by Gasteiger charge is 2.30. The molecule has 0 aliphatic carbocycles. The molecule has 11 heteroatoms. The molecule has 32 heavy (non-hydrogen) atoms. The fourth-order valence-electron chi connectivity index (χ4n) is 3.31. The fraction of sp³-hybridized carbons (Fsp3) is 0.333. The Balaban J connectivity index is 1.59. The van der Waals surface area contributed by atoms with Crippen LogP contribution in [0.3, 0.4) is 0 Å². The summed E-state index contributed by atoms with van der Waals surface area (Å²) in [6.45, 7) is 3.32. The molecule has 0 saturated carbocycles. The van der Waals surface area contributed by atoms with Crippen LogP contribution < -0.4 is 4.74 Å². The molecule has 0 radical (unpaired) electrons. The van der Waals surface area contributed by atoms with Crippen LogP contribution in [0.1, 0.15) is 22.8 Å². The van der Waals surface area contributed by atoms with Crippen LogP contribution in [0.4, 0.5) is 5.69 Å². The van der Waals surface area contributed by atoms with Gasteiger partial charge in [0.25, 0.3) is 5.91 Å². The Bertz CT molecular complexity index is 1140. The minimum atomic E-state index is -3.75. The van der Waals surface area contributed by atoms with Gasteiger partial charge in [0.2, 0.25) is 10.0 Å². The van der Waals surface area contributed by atoms with Crippen LogP contribution >= 0.6 is 0 Å². The van der Waals surface area contributed by atoms with Crippen molar-refractivity contribution in [1.82, 2.24) is 9.21 Å². The Morgan fingerprint density at radius 3 is 2.25 bits per heavy atom. The van der Waals surface area contributed by atoms with Crippen LogP contribution in [-0.2, 0) is 14.8 Å². The van der Waals surface area contributed by atoms with E-state index in [4.69, 9.17) is 4.74 Å². The maximum absolute atomic E-state index is 12.8. The Kier molecular flexibility index (Phi) is 6.90. The molecule has 1 amide bonds. The van der Waals surface area contributed by atoms with Gasteiger partial charge in [-0.15, -0.1) is 0 Å². The molecule has 1 saturated heterocycles. The molecule has 2 aromatic rings. The number of amides is 1. The number of aryl methyl sites for hydroxylation is 1. The van der Waals surface area contributed by atoms with Gasteiger partial charge in [-0.05, 0) is 37.6 Å². The van der Waals surface area contributed by atoms with E-state index in [0.29, 0.717) is 5.56 Å².